The summed E-state index contributed by atoms with van der Waals surface area (Å²) in [6.07, 6.45) is 6.65. The van der Waals surface area contributed by atoms with Crippen LogP contribution in [0.4, 0.5) is 0 Å². The molecule has 1 aliphatic rings. The highest BCUT2D eigenvalue weighted by Gasteiger charge is 2.21. The largest absolute Gasteiger partial charge is 0.451 e. The topological polar surface area (TPSA) is 49.5 Å². The van der Waals surface area contributed by atoms with E-state index in [-0.39, 0.29) is 6.61 Å². The number of hydrogen-bond donors (Lipinski definition) is 1. The summed E-state index contributed by atoms with van der Waals surface area (Å²) in [7, 11) is 0. The minimum Gasteiger partial charge on any atom is -0.451 e. The molecule has 4 heteroatoms. The van der Waals surface area contributed by atoms with Gasteiger partial charge in [0.15, 0.2) is 6.39 Å². The number of hydrogen-bond acceptors (Lipinski definition) is 4. The molecule has 0 aromatic carbocycles. The SMILES string of the molecule is OCC1CCCCN1Cc1cocn1. The zero-order valence-electron chi connectivity index (χ0n) is 8.22. The number of piperidine rings is 1. The van der Waals surface area contributed by atoms with Gasteiger partial charge < -0.3 is 9.52 Å². The fourth-order valence-corrected chi connectivity index (χ4v) is 2.00. The molecular formula is C10H16N2O2. The van der Waals surface area contributed by atoms with Crippen molar-refractivity contribution in [3.8, 4) is 0 Å². The normalized spacial score (nSPS) is 23.9. The van der Waals surface area contributed by atoms with Crippen LogP contribution in [0.15, 0.2) is 17.1 Å². The second-order valence-corrected chi connectivity index (χ2v) is 3.78. The second kappa shape index (κ2) is 4.57. The quantitative estimate of drug-likeness (QED) is 0.784. The molecule has 0 bridgehead atoms. The lowest BCUT2D eigenvalue weighted by Crippen LogP contribution is -2.41. The summed E-state index contributed by atoms with van der Waals surface area (Å²) in [5.41, 5.74) is 0.949. The Bertz CT molecular complexity index is 261. The molecular weight excluding hydrogens is 180 g/mol. The van der Waals surface area contributed by atoms with Gasteiger partial charge in [-0.25, -0.2) is 4.98 Å². The van der Waals surface area contributed by atoms with Crippen molar-refractivity contribution in [1.82, 2.24) is 9.88 Å². The molecule has 78 valence electrons. The Balaban J connectivity index is 1.94. The van der Waals surface area contributed by atoms with Gasteiger partial charge in [-0.1, -0.05) is 6.42 Å². The first-order valence-corrected chi connectivity index (χ1v) is 5.12. The summed E-state index contributed by atoms with van der Waals surface area (Å²) in [6, 6.07) is 0.306. The molecule has 1 saturated heterocycles. The van der Waals surface area contributed by atoms with Crippen molar-refractivity contribution >= 4 is 0 Å². The molecule has 2 rings (SSSR count). The average molecular weight is 196 g/mol. The molecule has 0 spiro atoms. The van der Waals surface area contributed by atoms with E-state index in [0.29, 0.717) is 6.04 Å². The lowest BCUT2D eigenvalue weighted by molar-refractivity contribution is 0.0830. The van der Waals surface area contributed by atoms with E-state index in [4.69, 9.17) is 4.42 Å². The van der Waals surface area contributed by atoms with E-state index in [1.807, 2.05) is 0 Å². The van der Waals surface area contributed by atoms with Gasteiger partial charge in [0.2, 0.25) is 0 Å². The van der Waals surface area contributed by atoms with Gasteiger partial charge in [-0.15, -0.1) is 0 Å². The number of rotatable bonds is 3. The van der Waals surface area contributed by atoms with Crippen molar-refractivity contribution in [2.45, 2.75) is 31.8 Å². The summed E-state index contributed by atoms with van der Waals surface area (Å²) >= 11 is 0. The zero-order chi connectivity index (χ0) is 9.80. The summed E-state index contributed by atoms with van der Waals surface area (Å²) in [5.74, 6) is 0. The molecule has 0 aliphatic carbocycles. The monoisotopic (exact) mass is 196 g/mol. The van der Waals surface area contributed by atoms with Crippen molar-refractivity contribution in [3.63, 3.8) is 0 Å². The number of oxazole rings is 1. The average Bonchev–Trinajstić information content (AvgIpc) is 2.71. The molecule has 1 aliphatic heterocycles. The van der Waals surface area contributed by atoms with Crippen LogP contribution in [-0.4, -0.2) is 34.2 Å². The highest BCUT2D eigenvalue weighted by molar-refractivity contribution is 4.92. The molecule has 1 aromatic heterocycles. The minimum atomic E-state index is 0.248. The number of aliphatic hydroxyl groups is 1. The second-order valence-electron chi connectivity index (χ2n) is 3.78. The first kappa shape index (κ1) is 9.68. The molecule has 1 atom stereocenters. The highest BCUT2D eigenvalue weighted by atomic mass is 16.3. The van der Waals surface area contributed by atoms with Gasteiger partial charge in [0.1, 0.15) is 6.26 Å². The number of aliphatic hydroxyl groups excluding tert-OH is 1. The Hall–Kier alpha value is -0.870. The number of nitrogens with zero attached hydrogens (tertiary/aromatic N) is 2. The van der Waals surface area contributed by atoms with Crippen LogP contribution in [0.5, 0.6) is 0 Å². The van der Waals surface area contributed by atoms with Crippen molar-refractivity contribution in [1.29, 1.82) is 0 Å². The van der Waals surface area contributed by atoms with Crippen molar-refractivity contribution < 1.29 is 9.52 Å². The molecule has 2 heterocycles. The molecule has 14 heavy (non-hydrogen) atoms. The Kier molecular flexibility index (Phi) is 3.16. The zero-order valence-corrected chi connectivity index (χ0v) is 8.22. The van der Waals surface area contributed by atoms with Gasteiger partial charge in [-0.3, -0.25) is 4.90 Å². The molecule has 0 radical (unpaired) electrons. The lowest BCUT2D eigenvalue weighted by atomic mass is 10.0. The third-order valence-electron chi connectivity index (χ3n) is 2.81. The standard InChI is InChI=1S/C10H16N2O2/c13-6-10-3-1-2-4-12(10)5-9-7-14-8-11-9/h7-8,10,13H,1-6H2. The molecule has 1 aromatic rings. The van der Waals surface area contributed by atoms with Crippen LogP contribution in [0.3, 0.4) is 0 Å². The van der Waals surface area contributed by atoms with Crippen LogP contribution < -0.4 is 0 Å². The van der Waals surface area contributed by atoms with Crippen LogP contribution >= 0.6 is 0 Å². The van der Waals surface area contributed by atoms with E-state index in [2.05, 4.69) is 9.88 Å². The molecule has 1 unspecified atom stereocenters. The van der Waals surface area contributed by atoms with Crippen LogP contribution in [0.25, 0.3) is 0 Å². The molecule has 1 fully saturated rings. The predicted octanol–water partition coefficient (Wildman–Crippen LogP) is 1.02. The Morgan fingerprint density at radius 2 is 2.50 bits per heavy atom. The van der Waals surface area contributed by atoms with E-state index in [0.717, 1.165) is 25.2 Å². The molecule has 4 nitrogen and oxygen atoms in total. The summed E-state index contributed by atoms with van der Waals surface area (Å²) in [4.78, 5) is 6.37. The van der Waals surface area contributed by atoms with E-state index in [1.165, 1.54) is 19.2 Å². The van der Waals surface area contributed by atoms with Crippen molar-refractivity contribution in [2.24, 2.45) is 0 Å². The highest BCUT2D eigenvalue weighted by Crippen LogP contribution is 2.18. The first-order valence-electron chi connectivity index (χ1n) is 5.12. The van der Waals surface area contributed by atoms with Crippen LogP contribution in [0, 0.1) is 0 Å². The summed E-state index contributed by atoms with van der Waals surface area (Å²) in [6.45, 7) is 2.09. The fourth-order valence-electron chi connectivity index (χ4n) is 2.00. The Labute approximate surface area is 83.5 Å². The summed E-state index contributed by atoms with van der Waals surface area (Å²) < 4.78 is 4.92. The fraction of sp³-hybridized carbons (Fsp3) is 0.700. The van der Waals surface area contributed by atoms with Gasteiger partial charge >= 0.3 is 0 Å². The maximum Gasteiger partial charge on any atom is 0.180 e. The summed E-state index contributed by atoms with van der Waals surface area (Å²) in [5, 5.41) is 9.20. The third kappa shape index (κ3) is 2.13. The van der Waals surface area contributed by atoms with E-state index >= 15 is 0 Å². The van der Waals surface area contributed by atoms with Crippen LogP contribution in [-0.2, 0) is 6.54 Å². The third-order valence-corrected chi connectivity index (χ3v) is 2.81. The van der Waals surface area contributed by atoms with Crippen LogP contribution in [0.1, 0.15) is 25.0 Å². The van der Waals surface area contributed by atoms with Crippen molar-refractivity contribution in [2.75, 3.05) is 13.2 Å². The molecule has 0 saturated carbocycles. The molecule has 0 amide bonds. The lowest BCUT2D eigenvalue weighted by Gasteiger charge is -2.33. The van der Waals surface area contributed by atoms with E-state index in [1.54, 1.807) is 6.26 Å². The maximum atomic E-state index is 9.20. The van der Waals surface area contributed by atoms with Gasteiger partial charge in [0.05, 0.1) is 12.3 Å². The number of likely N-dealkylation sites (tertiary alicyclic amines) is 1. The van der Waals surface area contributed by atoms with Gasteiger partial charge in [0, 0.05) is 12.6 Å². The van der Waals surface area contributed by atoms with Gasteiger partial charge in [-0.05, 0) is 19.4 Å². The Morgan fingerprint density at radius 1 is 1.57 bits per heavy atom. The Morgan fingerprint density at radius 3 is 3.21 bits per heavy atom. The minimum absolute atomic E-state index is 0.248. The predicted molar refractivity (Wildman–Crippen MR) is 51.6 cm³/mol. The van der Waals surface area contributed by atoms with E-state index in [9.17, 15) is 5.11 Å². The molecule has 1 N–H and O–H groups in total. The van der Waals surface area contributed by atoms with Crippen molar-refractivity contribution in [3.05, 3.63) is 18.4 Å². The van der Waals surface area contributed by atoms with E-state index < -0.39 is 0 Å². The number of aromatic nitrogens is 1. The maximum absolute atomic E-state index is 9.20. The van der Waals surface area contributed by atoms with Crippen LogP contribution in [0.2, 0.25) is 0 Å². The first-order chi connectivity index (χ1) is 6.90. The van der Waals surface area contributed by atoms with Gasteiger partial charge in [0.25, 0.3) is 0 Å². The van der Waals surface area contributed by atoms with Gasteiger partial charge in [-0.2, -0.15) is 0 Å². The smallest absolute Gasteiger partial charge is 0.180 e.